The summed E-state index contributed by atoms with van der Waals surface area (Å²) in [4.78, 5) is 13.8. The molecule has 86 valence electrons. The van der Waals surface area contributed by atoms with Gasteiger partial charge in [-0.3, -0.25) is 9.69 Å². The molecule has 0 N–H and O–H groups in total. The first-order valence-corrected chi connectivity index (χ1v) is 5.76. The van der Waals surface area contributed by atoms with Gasteiger partial charge in [0.2, 0.25) is 5.91 Å². The number of nitrogens with zero attached hydrogens (tertiary/aromatic N) is 1. The molecule has 1 amide bonds. The van der Waals surface area contributed by atoms with E-state index in [0.717, 1.165) is 11.4 Å². The molecule has 2 rings (SSSR count). The third-order valence-corrected chi connectivity index (χ3v) is 2.58. The first kappa shape index (κ1) is 11.4. The molecule has 0 atom stereocenters. The van der Waals surface area contributed by atoms with Crippen molar-refractivity contribution < 1.29 is 4.79 Å². The van der Waals surface area contributed by atoms with Crippen molar-refractivity contribution in [1.82, 2.24) is 0 Å². The Bertz CT molecular complexity index is 439. The molecule has 2 aromatic rings. The van der Waals surface area contributed by atoms with Crippen LogP contribution in [0.1, 0.15) is 13.3 Å². The van der Waals surface area contributed by atoms with Crippen LogP contribution < -0.4 is 4.90 Å². The van der Waals surface area contributed by atoms with Crippen LogP contribution in [0.15, 0.2) is 60.7 Å². The van der Waals surface area contributed by atoms with Crippen LogP contribution in [0.3, 0.4) is 0 Å². The normalized spacial score (nSPS) is 9.94. The lowest BCUT2D eigenvalue weighted by Gasteiger charge is -2.22. The van der Waals surface area contributed by atoms with Crippen molar-refractivity contribution in [2.24, 2.45) is 0 Å². The van der Waals surface area contributed by atoms with Crippen LogP contribution in [-0.4, -0.2) is 5.91 Å². The maximum atomic E-state index is 12.0. The molecule has 0 radical (unpaired) electrons. The molecule has 0 aromatic heterocycles. The molecule has 0 aliphatic carbocycles. The van der Waals surface area contributed by atoms with Crippen molar-refractivity contribution in [2.45, 2.75) is 13.3 Å². The SMILES string of the molecule is CCC(=O)N(c1ccccc1)c1ccccc1. The quantitative estimate of drug-likeness (QED) is 0.778. The molecule has 2 heteroatoms. The van der Waals surface area contributed by atoms with E-state index in [-0.39, 0.29) is 5.91 Å². The van der Waals surface area contributed by atoms with E-state index in [2.05, 4.69) is 0 Å². The van der Waals surface area contributed by atoms with E-state index >= 15 is 0 Å². The molecule has 17 heavy (non-hydrogen) atoms. The molecule has 0 spiro atoms. The van der Waals surface area contributed by atoms with Crippen LogP contribution in [0.25, 0.3) is 0 Å². The molecule has 0 aliphatic rings. The Hall–Kier alpha value is -2.09. The van der Waals surface area contributed by atoms with Gasteiger partial charge in [0, 0.05) is 17.8 Å². The Kier molecular flexibility index (Phi) is 3.55. The summed E-state index contributed by atoms with van der Waals surface area (Å²) in [6.45, 7) is 1.88. The fourth-order valence-corrected chi connectivity index (χ4v) is 1.75. The molecule has 0 saturated carbocycles. The second kappa shape index (κ2) is 5.30. The monoisotopic (exact) mass is 225 g/mol. The Morgan fingerprint density at radius 3 is 1.65 bits per heavy atom. The van der Waals surface area contributed by atoms with E-state index in [9.17, 15) is 4.79 Å². The van der Waals surface area contributed by atoms with Gasteiger partial charge in [-0.05, 0) is 24.3 Å². The number of para-hydroxylation sites is 2. The molecular weight excluding hydrogens is 210 g/mol. The summed E-state index contributed by atoms with van der Waals surface area (Å²) in [5.41, 5.74) is 1.82. The zero-order chi connectivity index (χ0) is 12.1. The van der Waals surface area contributed by atoms with Gasteiger partial charge in [0.1, 0.15) is 0 Å². The van der Waals surface area contributed by atoms with E-state index in [1.54, 1.807) is 4.90 Å². The number of carbonyl (C=O) groups excluding carboxylic acids is 1. The summed E-state index contributed by atoms with van der Waals surface area (Å²) in [5.74, 6) is 0.0994. The van der Waals surface area contributed by atoms with E-state index in [1.807, 2.05) is 67.6 Å². The van der Waals surface area contributed by atoms with Gasteiger partial charge in [-0.15, -0.1) is 0 Å². The van der Waals surface area contributed by atoms with Crippen LogP contribution in [-0.2, 0) is 4.79 Å². The Morgan fingerprint density at radius 1 is 0.882 bits per heavy atom. The highest BCUT2D eigenvalue weighted by Gasteiger charge is 2.15. The number of amides is 1. The molecule has 2 nitrogen and oxygen atoms in total. The lowest BCUT2D eigenvalue weighted by Crippen LogP contribution is -2.24. The van der Waals surface area contributed by atoms with Crippen LogP contribution >= 0.6 is 0 Å². The van der Waals surface area contributed by atoms with Gasteiger partial charge in [0.15, 0.2) is 0 Å². The van der Waals surface area contributed by atoms with Crippen LogP contribution in [0, 0.1) is 0 Å². The Labute approximate surface area is 102 Å². The zero-order valence-corrected chi connectivity index (χ0v) is 9.84. The van der Waals surface area contributed by atoms with E-state index < -0.39 is 0 Å². The summed E-state index contributed by atoms with van der Waals surface area (Å²) < 4.78 is 0. The summed E-state index contributed by atoms with van der Waals surface area (Å²) in [6.07, 6.45) is 0.490. The van der Waals surface area contributed by atoms with Gasteiger partial charge in [0.05, 0.1) is 0 Å². The topological polar surface area (TPSA) is 20.3 Å². The van der Waals surface area contributed by atoms with Crippen molar-refractivity contribution in [3.05, 3.63) is 60.7 Å². The summed E-state index contributed by atoms with van der Waals surface area (Å²) in [5, 5.41) is 0. The molecule has 0 unspecified atom stereocenters. The first-order valence-electron chi connectivity index (χ1n) is 5.76. The van der Waals surface area contributed by atoms with Crippen molar-refractivity contribution in [2.75, 3.05) is 4.90 Å². The van der Waals surface area contributed by atoms with E-state index in [0.29, 0.717) is 6.42 Å². The largest absolute Gasteiger partial charge is 0.281 e. The maximum absolute atomic E-state index is 12.0. The molecule has 0 heterocycles. The van der Waals surface area contributed by atoms with Gasteiger partial charge in [0.25, 0.3) is 0 Å². The molecule has 0 bridgehead atoms. The summed E-state index contributed by atoms with van der Waals surface area (Å²) >= 11 is 0. The highest BCUT2D eigenvalue weighted by atomic mass is 16.2. The fraction of sp³-hybridized carbons (Fsp3) is 0.133. The minimum absolute atomic E-state index is 0.0994. The van der Waals surface area contributed by atoms with E-state index in [1.165, 1.54) is 0 Å². The number of hydrogen-bond acceptors (Lipinski definition) is 1. The second-order valence-electron chi connectivity index (χ2n) is 3.75. The van der Waals surface area contributed by atoms with Crippen LogP contribution in [0.5, 0.6) is 0 Å². The van der Waals surface area contributed by atoms with Gasteiger partial charge >= 0.3 is 0 Å². The molecule has 0 saturated heterocycles. The minimum Gasteiger partial charge on any atom is -0.281 e. The Balaban J connectivity index is 2.43. The fourth-order valence-electron chi connectivity index (χ4n) is 1.75. The summed E-state index contributed by atoms with van der Waals surface area (Å²) in [7, 11) is 0. The van der Waals surface area contributed by atoms with Crippen molar-refractivity contribution >= 4 is 17.3 Å². The third-order valence-electron chi connectivity index (χ3n) is 2.58. The van der Waals surface area contributed by atoms with Gasteiger partial charge in [-0.1, -0.05) is 43.3 Å². The predicted molar refractivity (Wildman–Crippen MR) is 70.3 cm³/mol. The predicted octanol–water partition coefficient (Wildman–Crippen LogP) is 3.76. The highest BCUT2D eigenvalue weighted by molar-refractivity contribution is 6.00. The number of carbonyl (C=O) groups is 1. The standard InChI is InChI=1S/C15H15NO/c1-2-15(17)16(13-9-5-3-6-10-13)14-11-7-4-8-12-14/h3-12H,2H2,1H3. The van der Waals surface area contributed by atoms with E-state index in [4.69, 9.17) is 0 Å². The summed E-state index contributed by atoms with van der Waals surface area (Å²) in [6, 6.07) is 19.4. The van der Waals surface area contributed by atoms with Gasteiger partial charge in [-0.2, -0.15) is 0 Å². The third kappa shape index (κ3) is 2.53. The van der Waals surface area contributed by atoms with Crippen molar-refractivity contribution in [3.8, 4) is 0 Å². The number of rotatable bonds is 3. The average Bonchev–Trinajstić information content (AvgIpc) is 2.41. The number of hydrogen-bond donors (Lipinski definition) is 0. The molecule has 0 aliphatic heterocycles. The minimum atomic E-state index is 0.0994. The van der Waals surface area contributed by atoms with Crippen molar-refractivity contribution in [1.29, 1.82) is 0 Å². The second-order valence-corrected chi connectivity index (χ2v) is 3.75. The molecular formula is C15H15NO. The van der Waals surface area contributed by atoms with Crippen LogP contribution in [0.2, 0.25) is 0 Å². The van der Waals surface area contributed by atoms with Crippen LogP contribution in [0.4, 0.5) is 11.4 Å². The molecule has 0 fully saturated rings. The molecule has 2 aromatic carbocycles. The lowest BCUT2D eigenvalue weighted by molar-refractivity contribution is -0.117. The average molecular weight is 225 g/mol. The Morgan fingerprint density at radius 2 is 1.29 bits per heavy atom. The zero-order valence-electron chi connectivity index (χ0n) is 9.84. The highest BCUT2D eigenvalue weighted by Crippen LogP contribution is 2.25. The smallest absolute Gasteiger partial charge is 0.231 e. The number of benzene rings is 2. The lowest BCUT2D eigenvalue weighted by atomic mass is 10.2. The number of anilines is 2. The van der Waals surface area contributed by atoms with Gasteiger partial charge in [-0.25, -0.2) is 0 Å². The maximum Gasteiger partial charge on any atom is 0.231 e. The van der Waals surface area contributed by atoms with Crippen molar-refractivity contribution in [3.63, 3.8) is 0 Å². The first-order chi connectivity index (χ1) is 8.33. The van der Waals surface area contributed by atoms with Gasteiger partial charge < -0.3 is 0 Å².